The molecule has 0 atom stereocenters. The van der Waals surface area contributed by atoms with Crippen LogP contribution in [0, 0.1) is 25.7 Å². The highest BCUT2D eigenvalue weighted by molar-refractivity contribution is 5.97. The molecule has 6 N–H and O–H groups in total. The lowest BCUT2D eigenvalue weighted by atomic mass is 10.0. The maximum Gasteiger partial charge on any atom is 0.251 e. The summed E-state index contributed by atoms with van der Waals surface area (Å²) >= 11 is 0. The van der Waals surface area contributed by atoms with Gasteiger partial charge in [0, 0.05) is 97.6 Å². The van der Waals surface area contributed by atoms with Crippen molar-refractivity contribution in [1.29, 1.82) is 0 Å². The minimum absolute atomic E-state index is 0.00378. The molecule has 0 unspecified atom stereocenters. The first-order valence-electron chi connectivity index (χ1n) is 26.2. The fraction of sp³-hybridized carbons (Fsp3) is 0.527. The average Bonchev–Trinajstić information content (AvgIpc) is 4.19. The van der Waals surface area contributed by atoms with Crippen LogP contribution in [0.1, 0.15) is 130 Å². The van der Waals surface area contributed by atoms with Crippen molar-refractivity contribution in [3.63, 3.8) is 0 Å². The van der Waals surface area contributed by atoms with Gasteiger partial charge in [0.1, 0.15) is 11.6 Å². The van der Waals surface area contributed by atoms with Crippen molar-refractivity contribution in [2.45, 2.75) is 135 Å². The molecule has 16 nitrogen and oxygen atoms in total. The van der Waals surface area contributed by atoms with Gasteiger partial charge in [-0.3, -0.25) is 9.59 Å². The van der Waals surface area contributed by atoms with E-state index < -0.39 is 0 Å². The lowest BCUT2D eigenvalue weighted by Crippen LogP contribution is -2.27. The molecular weight excluding hydrogens is 893 g/mol. The number of carbonyl (C=O) groups is 2. The number of amides is 2. The van der Waals surface area contributed by atoms with E-state index in [2.05, 4.69) is 64.8 Å². The van der Waals surface area contributed by atoms with Crippen molar-refractivity contribution in [3.8, 4) is 22.5 Å². The minimum atomic E-state index is -0.132. The second-order valence-electron chi connectivity index (χ2n) is 21.6. The number of nitrogens with one attached hydrogen (secondary N) is 6. The number of ether oxygens (including phenoxy) is 2. The molecule has 0 bridgehead atoms. The molecule has 5 fully saturated rings. The van der Waals surface area contributed by atoms with Crippen LogP contribution in [0.4, 0.5) is 23.0 Å². The highest BCUT2D eigenvalue weighted by atomic mass is 16.5. The molecule has 11 rings (SSSR count). The molecule has 3 saturated carbocycles. The Morgan fingerprint density at radius 1 is 0.592 bits per heavy atom. The van der Waals surface area contributed by atoms with E-state index in [1.807, 2.05) is 71.7 Å². The van der Waals surface area contributed by atoms with Crippen LogP contribution in [0.5, 0.6) is 0 Å². The summed E-state index contributed by atoms with van der Waals surface area (Å²) in [4.78, 5) is 34.7. The molecule has 5 aliphatic rings. The molecule has 4 aromatic heterocycles. The van der Waals surface area contributed by atoms with E-state index in [0.29, 0.717) is 30.0 Å². The lowest BCUT2D eigenvalue weighted by Gasteiger charge is -2.24. The van der Waals surface area contributed by atoms with Gasteiger partial charge in [-0.1, -0.05) is 25.0 Å². The number of hydrogen-bond donors (Lipinski definition) is 6. The van der Waals surface area contributed by atoms with Crippen LogP contribution in [0.15, 0.2) is 60.9 Å². The summed E-state index contributed by atoms with van der Waals surface area (Å²) in [7, 11) is 0. The summed E-state index contributed by atoms with van der Waals surface area (Å²) in [5.41, 5.74) is 10.6. The van der Waals surface area contributed by atoms with Gasteiger partial charge in [0.05, 0.1) is 35.2 Å². The van der Waals surface area contributed by atoms with Gasteiger partial charge in [0.2, 0.25) is 0 Å². The monoisotopic (exact) mass is 965 g/mol. The Bertz CT molecular complexity index is 2840. The Morgan fingerprint density at radius 3 is 1.48 bits per heavy atom. The van der Waals surface area contributed by atoms with E-state index >= 15 is 0 Å². The van der Waals surface area contributed by atoms with E-state index in [1.165, 1.54) is 25.7 Å². The van der Waals surface area contributed by atoms with E-state index in [1.54, 1.807) is 0 Å². The van der Waals surface area contributed by atoms with Crippen LogP contribution >= 0.6 is 0 Å². The summed E-state index contributed by atoms with van der Waals surface area (Å²) in [5.74, 6) is 2.87. The van der Waals surface area contributed by atoms with Crippen LogP contribution in [0.3, 0.4) is 0 Å². The number of hydrogen-bond acceptors (Lipinski definition) is 12. The Balaban J connectivity index is 0.000000164. The Morgan fingerprint density at radius 2 is 1.04 bits per heavy atom. The molecule has 71 heavy (non-hydrogen) atoms. The zero-order valence-corrected chi connectivity index (χ0v) is 42.2. The lowest BCUT2D eigenvalue weighted by molar-refractivity contribution is 0.0698. The Kier molecular flexibility index (Phi) is 14.5. The van der Waals surface area contributed by atoms with Gasteiger partial charge in [-0.25, -0.2) is 19.0 Å². The van der Waals surface area contributed by atoms with Gasteiger partial charge in [0.25, 0.3) is 11.8 Å². The SMILES string of the molecule is Cc1cc(-c2cnc3c(NCC4CCOCC4)cc(NC(C)(C)C)nn23)ccc1C(=O)NC1CC1.Cc1cc(-c2cnc3c(NCC4CCOCC4)cc(NC4CCCC4)nn23)ccc1C(=O)NC1CC1. The van der Waals surface area contributed by atoms with Crippen LogP contribution in [-0.2, 0) is 9.47 Å². The number of rotatable bonds is 15. The molecule has 0 spiro atoms. The van der Waals surface area contributed by atoms with Crippen LogP contribution < -0.4 is 31.9 Å². The normalized spacial score (nSPS) is 18.0. The summed E-state index contributed by atoms with van der Waals surface area (Å²) in [5, 5.41) is 30.5. The maximum atomic E-state index is 12.6. The van der Waals surface area contributed by atoms with E-state index in [4.69, 9.17) is 29.6 Å². The van der Waals surface area contributed by atoms with Gasteiger partial charge in [-0.05, 0) is 146 Å². The number of anilines is 4. The molecule has 0 radical (unpaired) electrons. The number of imidazole rings is 2. The number of nitrogens with zero attached hydrogens (tertiary/aromatic N) is 6. The predicted molar refractivity (Wildman–Crippen MR) is 281 cm³/mol. The minimum Gasteiger partial charge on any atom is -0.382 e. The summed E-state index contributed by atoms with van der Waals surface area (Å²) in [6, 6.07) is 17.2. The average molecular weight is 965 g/mol. The van der Waals surface area contributed by atoms with Crippen molar-refractivity contribution in [1.82, 2.24) is 39.8 Å². The smallest absolute Gasteiger partial charge is 0.251 e. The predicted octanol–water partition coefficient (Wildman–Crippen LogP) is 9.44. The van der Waals surface area contributed by atoms with Gasteiger partial charge in [-0.2, -0.15) is 0 Å². The standard InChI is InChI=1S/C28H36N6O2.C27H36N6O2/c1-18-14-20(6-9-23(18)28(35)32-22-7-8-22)25-17-30-27-24(29-16-19-10-12-36-13-11-19)15-26(33-34(25)27)31-21-4-2-3-5-21;1-17-13-19(5-8-21(17)26(34)30-20-6-7-20)23-16-29-25-22(28-15-18-9-11-35-12-10-18)14-24(32-33(23)25)31-27(2,3)4/h6,9,14-15,17,19,21-22,29H,2-5,7-8,10-13,16H2,1H3,(H,31,33)(H,32,35);5,8,13-14,16,18,20,28H,6-7,9-12,15H2,1-4H3,(H,30,34)(H,31,32). The topological polar surface area (TPSA) is 185 Å². The van der Waals surface area contributed by atoms with Crippen LogP contribution in [0.25, 0.3) is 33.8 Å². The number of benzene rings is 2. The third-order valence-corrected chi connectivity index (χ3v) is 14.3. The second-order valence-corrected chi connectivity index (χ2v) is 21.6. The highest BCUT2D eigenvalue weighted by Gasteiger charge is 2.27. The molecule has 2 amide bonds. The quantitative estimate of drug-likeness (QED) is 0.0574. The summed E-state index contributed by atoms with van der Waals surface area (Å²) < 4.78 is 14.9. The van der Waals surface area contributed by atoms with Gasteiger partial charge in [0.15, 0.2) is 11.3 Å². The number of aromatic nitrogens is 6. The van der Waals surface area contributed by atoms with E-state index in [9.17, 15) is 9.59 Å². The van der Waals surface area contributed by atoms with Crippen molar-refractivity contribution >= 4 is 46.1 Å². The van der Waals surface area contributed by atoms with Gasteiger partial charge < -0.3 is 41.4 Å². The molecule has 2 aliphatic heterocycles. The van der Waals surface area contributed by atoms with Crippen molar-refractivity contribution in [2.75, 3.05) is 60.8 Å². The first-order chi connectivity index (χ1) is 34.4. The third-order valence-electron chi connectivity index (χ3n) is 14.3. The number of carbonyl (C=O) groups excluding carboxylic acids is 2. The van der Waals surface area contributed by atoms with Crippen molar-refractivity contribution in [2.24, 2.45) is 11.8 Å². The first kappa shape index (κ1) is 48.4. The molecule has 376 valence electrons. The first-order valence-corrected chi connectivity index (χ1v) is 26.2. The largest absolute Gasteiger partial charge is 0.382 e. The second kappa shape index (κ2) is 21.2. The fourth-order valence-electron chi connectivity index (χ4n) is 9.93. The molecular formula is C55H72N12O4. The Hall–Kier alpha value is -6.26. The molecule has 16 heteroatoms. The fourth-order valence-corrected chi connectivity index (χ4v) is 9.93. The molecule has 6 aromatic rings. The molecule has 2 aromatic carbocycles. The van der Waals surface area contributed by atoms with E-state index in [-0.39, 0.29) is 17.4 Å². The highest BCUT2D eigenvalue weighted by Crippen LogP contribution is 2.32. The molecule has 3 aliphatic carbocycles. The van der Waals surface area contributed by atoms with E-state index in [0.717, 1.165) is 170 Å². The van der Waals surface area contributed by atoms with Gasteiger partial charge in [-0.15, -0.1) is 10.2 Å². The number of fused-ring (bicyclic) bond motifs is 2. The van der Waals surface area contributed by atoms with Crippen molar-refractivity contribution < 1.29 is 19.1 Å². The molecule has 6 heterocycles. The van der Waals surface area contributed by atoms with Crippen LogP contribution in [0.2, 0.25) is 0 Å². The molecule has 2 saturated heterocycles. The summed E-state index contributed by atoms with van der Waals surface area (Å²) in [6.45, 7) is 15.5. The Labute approximate surface area is 417 Å². The summed E-state index contributed by atoms with van der Waals surface area (Å²) in [6.07, 6.45) is 17.3. The maximum absolute atomic E-state index is 12.6. The zero-order valence-electron chi connectivity index (χ0n) is 42.2. The van der Waals surface area contributed by atoms with Crippen molar-refractivity contribution in [3.05, 3.63) is 83.2 Å². The number of aryl methyl sites for hydroxylation is 2. The van der Waals surface area contributed by atoms with Crippen LogP contribution in [-0.4, -0.2) is 104 Å². The van der Waals surface area contributed by atoms with Gasteiger partial charge >= 0.3 is 0 Å². The third kappa shape index (κ3) is 12.1. The zero-order chi connectivity index (χ0) is 49.1.